The molecule has 15 heavy (non-hydrogen) atoms. The fourth-order valence-corrected chi connectivity index (χ4v) is 1.14. The zero-order chi connectivity index (χ0) is 11.1. The maximum absolute atomic E-state index is 12.2. The Balaban J connectivity index is 2.61. The van der Waals surface area contributed by atoms with Gasteiger partial charge in [0.15, 0.2) is 5.58 Å². The van der Waals surface area contributed by atoms with Crippen molar-refractivity contribution in [1.82, 2.24) is 4.98 Å². The Labute approximate surface area is 81.5 Å². The number of fused-ring (bicyclic) bond motifs is 1. The number of oxazole rings is 1. The van der Waals surface area contributed by atoms with Crippen LogP contribution < -0.4 is 0 Å². The summed E-state index contributed by atoms with van der Waals surface area (Å²) in [6, 6.07) is 3.88. The van der Waals surface area contributed by atoms with Crippen molar-refractivity contribution in [3.8, 4) is 0 Å². The molecular weight excluding hydrogens is 211 g/mol. The highest BCUT2D eigenvalue weighted by Crippen LogP contribution is 2.31. The third-order valence-electron chi connectivity index (χ3n) is 1.79. The molecule has 0 aliphatic rings. The topological polar surface area (TPSA) is 43.1 Å². The van der Waals surface area contributed by atoms with E-state index in [0.717, 1.165) is 0 Å². The van der Waals surface area contributed by atoms with Gasteiger partial charge < -0.3 is 4.42 Å². The van der Waals surface area contributed by atoms with E-state index in [4.69, 9.17) is 0 Å². The van der Waals surface area contributed by atoms with Gasteiger partial charge in [0, 0.05) is 5.56 Å². The number of aldehydes is 1. The maximum Gasteiger partial charge on any atom is 0.468 e. The molecule has 0 unspecified atom stereocenters. The van der Waals surface area contributed by atoms with Crippen molar-refractivity contribution in [3.63, 3.8) is 0 Å². The molecule has 6 heteroatoms. The number of hydrogen-bond donors (Lipinski definition) is 0. The molecule has 0 atom stereocenters. The Morgan fingerprint density at radius 2 is 2.07 bits per heavy atom. The molecular formula is C9H4F3NO2. The van der Waals surface area contributed by atoms with E-state index in [1.54, 1.807) is 0 Å². The number of benzene rings is 1. The highest BCUT2D eigenvalue weighted by molar-refractivity contribution is 5.83. The molecule has 78 valence electrons. The highest BCUT2D eigenvalue weighted by Gasteiger charge is 2.37. The number of aromatic nitrogens is 1. The zero-order valence-corrected chi connectivity index (χ0v) is 7.21. The summed E-state index contributed by atoms with van der Waals surface area (Å²) in [5.41, 5.74) is 0.282. The molecule has 1 aromatic carbocycles. The molecule has 0 fully saturated rings. The minimum absolute atomic E-state index is 0.00734. The summed E-state index contributed by atoms with van der Waals surface area (Å²) >= 11 is 0. The van der Waals surface area contributed by atoms with Crippen LogP contribution in [0, 0.1) is 0 Å². The van der Waals surface area contributed by atoms with Crippen LogP contribution in [-0.2, 0) is 6.18 Å². The SMILES string of the molecule is O=Cc1ccc2oc(C(F)(F)F)nc2c1. The summed E-state index contributed by atoms with van der Waals surface area (Å²) in [6.07, 6.45) is -4.08. The van der Waals surface area contributed by atoms with E-state index < -0.39 is 12.1 Å². The molecule has 1 aromatic heterocycles. The third-order valence-corrected chi connectivity index (χ3v) is 1.79. The van der Waals surface area contributed by atoms with Crippen LogP contribution >= 0.6 is 0 Å². The number of carbonyl (C=O) groups excluding carboxylic acids is 1. The van der Waals surface area contributed by atoms with Crippen molar-refractivity contribution in [2.24, 2.45) is 0 Å². The van der Waals surface area contributed by atoms with E-state index in [1.165, 1.54) is 18.2 Å². The number of nitrogens with zero attached hydrogens (tertiary/aromatic N) is 1. The number of rotatable bonds is 1. The van der Waals surface area contributed by atoms with Gasteiger partial charge in [-0.2, -0.15) is 13.2 Å². The lowest BCUT2D eigenvalue weighted by molar-refractivity contribution is -0.156. The number of hydrogen-bond acceptors (Lipinski definition) is 3. The Bertz CT molecular complexity index is 516. The Morgan fingerprint density at radius 3 is 2.67 bits per heavy atom. The number of carbonyl (C=O) groups is 1. The van der Waals surface area contributed by atoms with Gasteiger partial charge in [-0.15, -0.1) is 0 Å². The highest BCUT2D eigenvalue weighted by atomic mass is 19.4. The van der Waals surface area contributed by atoms with Crippen LogP contribution in [-0.4, -0.2) is 11.3 Å². The summed E-state index contributed by atoms with van der Waals surface area (Å²) in [7, 11) is 0. The number of halogens is 3. The third kappa shape index (κ3) is 1.70. The Hall–Kier alpha value is -1.85. The summed E-state index contributed by atoms with van der Waals surface area (Å²) in [5.74, 6) is -1.31. The quantitative estimate of drug-likeness (QED) is 0.687. The van der Waals surface area contributed by atoms with E-state index in [0.29, 0.717) is 6.29 Å². The monoisotopic (exact) mass is 215 g/mol. The maximum atomic E-state index is 12.2. The van der Waals surface area contributed by atoms with Gasteiger partial charge >= 0.3 is 12.1 Å². The van der Waals surface area contributed by atoms with Gasteiger partial charge in [-0.3, -0.25) is 4.79 Å². The lowest BCUT2D eigenvalue weighted by atomic mass is 10.2. The van der Waals surface area contributed by atoms with Crippen LogP contribution in [0.1, 0.15) is 16.2 Å². The molecule has 0 radical (unpaired) electrons. The molecule has 1 heterocycles. The van der Waals surface area contributed by atoms with Crippen LogP contribution in [0.3, 0.4) is 0 Å². The van der Waals surface area contributed by atoms with Gasteiger partial charge in [-0.1, -0.05) is 0 Å². The predicted molar refractivity (Wildman–Crippen MR) is 44.4 cm³/mol. The van der Waals surface area contributed by atoms with Gasteiger partial charge in [0.25, 0.3) is 0 Å². The van der Waals surface area contributed by atoms with E-state index in [-0.39, 0.29) is 16.7 Å². The Kier molecular flexibility index (Phi) is 1.99. The smallest absolute Gasteiger partial charge is 0.433 e. The molecule has 0 saturated carbocycles. The van der Waals surface area contributed by atoms with Crippen LogP contribution in [0.15, 0.2) is 22.6 Å². The molecule has 0 spiro atoms. The van der Waals surface area contributed by atoms with E-state index in [2.05, 4.69) is 9.40 Å². The van der Waals surface area contributed by atoms with Gasteiger partial charge in [0.05, 0.1) is 0 Å². The van der Waals surface area contributed by atoms with Gasteiger partial charge in [0.1, 0.15) is 11.8 Å². The molecule has 0 saturated heterocycles. The second-order valence-electron chi connectivity index (χ2n) is 2.86. The molecule has 0 N–H and O–H groups in total. The zero-order valence-electron chi connectivity index (χ0n) is 7.21. The first kappa shape index (κ1) is 9.70. The molecule has 0 bridgehead atoms. The van der Waals surface area contributed by atoms with Crippen LogP contribution in [0.4, 0.5) is 13.2 Å². The molecule has 2 aromatic rings. The lowest BCUT2D eigenvalue weighted by Crippen LogP contribution is -2.04. The van der Waals surface area contributed by atoms with Crippen LogP contribution in [0.5, 0.6) is 0 Å². The molecule has 0 aliphatic heterocycles. The van der Waals surface area contributed by atoms with Crippen LogP contribution in [0.2, 0.25) is 0 Å². The fraction of sp³-hybridized carbons (Fsp3) is 0.111. The van der Waals surface area contributed by atoms with Gasteiger partial charge in [-0.05, 0) is 18.2 Å². The molecule has 0 aliphatic carbocycles. The van der Waals surface area contributed by atoms with Crippen molar-refractivity contribution in [2.45, 2.75) is 6.18 Å². The fourth-order valence-electron chi connectivity index (χ4n) is 1.14. The minimum atomic E-state index is -4.61. The summed E-state index contributed by atoms with van der Waals surface area (Å²) in [4.78, 5) is 13.6. The van der Waals surface area contributed by atoms with E-state index >= 15 is 0 Å². The van der Waals surface area contributed by atoms with E-state index in [1.807, 2.05) is 0 Å². The average Bonchev–Trinajstić information content (AvgIpc) is 2.59. The lowest BCUT2D eigenvalue weighted by Gasteiger charge is -1.96. The molecule has 2 rings (SSSR count). The van der Waals surface area contributed by atoms with E-state index in [9.17, 15) is 18.0 Å². The second kappa shape index (κ2) is 3.08. The first-order valence-electron chi connectivity index (χ1n) is 3.93. The van der Waals surface area contributed by atoms with Crippen molar-refractivity contribution in [3.05, 3.63) is 29.7 Å². The summed E-state index contributed by atoms with van der Waals surface area (Å²) < 4.78 is 41.0. The minimum Gasteiger partial charge on any atom is -0.433 e. The Morgan fingerprint density at radius 1 is 1.33 bits per heavy atom. The first-order valence-corrected chi connectivity index (χ1v) is 3.93. The second-order valence-corrected chi connectivity index (χ2v) is 2.86. The van der Waals surface area contributed by atoms with Gasteiger partial charge in [0.2, 0.25) is 0 Å². The van der Waals surface area contributed by atoms with Crippen molar-refractivity contribution in [1.29, 1.82) is 0 Å². The normalized spacial score (nSPS) is 11.9. The standard InChI is InChI=1S/C9H4F3NO2/c10-9(11,12)8-13-6-3-5(4-14)1-2-7(6)15-8/h1-4H. The summed E-state index contributed by atoms with van der Waals surface area (Å²) in [5, 5.41) is 0. The predicted octanol–water partition coefficient (Wildman–Crippen LogP) is 2.66. The number of alkyl halides is 3. The molecule has 0 amide bonds. The molecule has 3 nitrogen and oxygen atoms in total. The van der Waals surface area contributed by atoms with Crippen molar-refractivity contribution < 1.29 is 22.4 Å². The van der Waals surface area contributed by atoms with Crippen molar-refractivity contribution >= 4 is 17.4 Å². The van der Waals surface area contributed by atoms with Crippen molar-refractivity contribution in [2.75, 3.05) is 0 Å². The largest absolute Gasteiger partial charge is 0.468 e. The van der Waals surface area contributed by atoms with Gasteiger partial charge in [-0.25, -0.2) is 4.98 Å². The first-order chi connectivity index (χ1) is 7.00. The summed E-state index contributed by atoms with van der Waals surface area (Å²) in [6.45, 7) is 0. The average molecular weight is 215 g/mol. The van der Waals surface area contributed by atoms with Crippen LogP contribution in [0.25, 0.3) is 11.1 Å².